The van der Waals surface area contributed by atoms with E-state index in [2.05, 4.69) is 22.6 Å². The Bertz CT molecular complexity index is 683. The minimum atomic E-state index is -1.06. The van der Waals surface area contributed by atoms with Crippen molar-refractivity contribution in [3.63, 3.8) is 0 Å². The highest BCUT2D eigenvalue weighted by molar-refractivity contribution is 14.1. The van der Waals surface area contributed by atoms with E-state index in [1.807, 2.05) is 24.3 Å². The van der Waals surface area contributed by atoms with Crippen LogP contribution in [-0.2, 0) is 11.2 Å². The second-order valence-electron chi connectivity index (χ2n) is 4.25. The number of rotatable bonds is 5. The third-order valence-corrected chi connectivity index (χ3v) is 4.54. The van der Waals surface area contributed by atoms with Crippen molar-refractivity contribution in [2.24, 2.45) is 0 Å². The molecule has 6 heteroatoms. The van der Waals surface area contributed by atoms with Gasteiger partial charge in [-0.15, -0.1) is 0 Å². The zero-order valence-electron chi connectivity index (χ0n) is 10.7. The van der Waals surface area contributed by atoms with E-state index < -0.39 is 11.9 Å². The highest BCUT2D eigenvalue weighted by Gasteiger charge is 2.12. The van der Waals surface area contributed by atoms with Crippen LogP contribution in [-0.4, -0.2) is 22.2 Å². The summed E-state index contributed by atoms with van der Waals surface area (Å²) in [5, 5.41) is 18.0. The van der Waals surface area contributed by atoms with Gasteiger partial charge in [-0.1, -0.05) is 11.8 Å². The summed E-state index contributed by atoms with van der Waals surface area (Å²) in [7, 11) is 0. The molecule has 0 fully saturated rings. The molecule has 2 N–H and O–H groups in total. The standard InChI is InChI=1S/C15H11IO4S/c16-11-2-4-12(5-3-11)21-13-6-1-9(15(19)20)7-10(13)8-14(17)18/h1-7H,8H2,(H,17,18)(H,19,20). The maximum Gasteiger partial charge on any atom is 0.335 e. The van der Waals surface area contributed by atoms with Gasteiger partial charge in [0.05, 0.1) is 12.0 Å². The van der Waals surface area contributed by atoms with Gasteiger partial charge < -0.3 is 10.2 Å². The molecule has 0 amide bonds. The molecule has 4 nitrogen and oxygen atoms in total. The van der Waals surface area contributed by atoms with E-state index in [-0.39, 0.29) is 12.0 Å². The van der Waals surface area contributed by atoms with Crippen LogP contribution < -0.4 is 0 Å². The molecular formula is C15H11IO4S. The van der Waals surface area contributed by atoms with Gasteiger partial charge in [-0.3, -0.25) is 4.79 Å². The Balaban J connectivity index is 2.34. The maximum absolute atomic E-state index is 11.0. The molecule has 0 aromatic heterocycles. The highest BCUT2D eigenvalue weighted by atomic mass is 127. The number of hydrogen-bond donors (Lipinski definition) is 2. The minimum Gasteiger partial charge on any atom is -0.481 e. The highest BCUT2D eigenvalue weighted by Crippen LogP contribution is 2.31. The summed E-state index contributed by atoms with van der Waals surface area (Å²) >= 11 is 3.64. The summed E-state index contributed by atoms with van der Waals surface area (Å²) in [4.78, 5) is 23.7. The lowest BCUT2D eigenvalue weighted by Crippen LogP contribution is -2.04. The van der Waals surface area contributed by atoms with E-state index in [4.69, 9.17) is 10.2 Å². The zero-order valence-corrected chi connectivity index (χ0v) is 13.7. The fourth-order valence-electron chi connectivity index (χ4n) is 1.74. The molecule has 0 saturated heterocycles. The Hall–Kier alpha value is -1.54. The van der Waals surface area contributed by atoms with E-state index in [0.29, 0.717) is 5.56 Å². The SMILES string of the molecule is O=C(O)Cc1cc(C(=O)O)ccc1Sc1ccc(I)cc1. The molecule has 0 aliphatic carbocycles. The molecule has 2 aromatic carbocycles. The van der Waals surface area contributed by atoms with Crippen LogP contribution in [0.25, 0.3) is 0 Å². The van der Waals surface area contributed by atoms with Crippen molar-refractivity contribution < 1.29 is 19.8 Å². The van der Waals surface area contributed by atoms with Gasteiger partial charge in [-0.2, -0.15) is 0 Å². The van der Waals surface area contributed by atoms with Crippen LogP contribution in [0.3, 0.4) is 0 Å². The van der Waals surface area contributed by atoms with Gasteiger partial charge in [0.2, 0.25) is 0 Å². The third kappa shape index (κ3) is 4.47. The largest absolute Gasteiger partial charge is 0.481 e. The van der Waals surface area contributed by atoms with E-state index in [1.165, 1.54) is 23.9 Å². The Labute approximate surface area is 139 Å². The third-order valence-electron chi connectivity index (χ3n) is 2.69. The van der Waals surface area contributed by atoms with E-state index in [1.54, 1.807) is 6.07 Å². The molecule has 0 bridgehead atoms. The first-order valence-electron chi connectivity index (χ1n) is 5.97. The minimum absolute atomic E-state index is 0.0956. The number of hydrogen-bond acceptors (Lipinski definition) is 3. The van der Waals surface area contributed by atoms with Gasteiger partial charge in [-0.05, 0) is 70.6 Å². The van der Waals surface area contributed by atoms with Crippen molar-refractivity contribution in [3.8, 4) is 0 Å². The molecule has 0 atom stereocenters. The van der Waals surface area contributed by atoms with Crippen molar-refractivity contribution in [2.75, 3.05) is 0 Å². The topological polar surface area (TPSA) is 74.6 Å². The van der Waals surface area contributed by atoms with Gasteiger partial charge >= 0.3 is 11.9 Å². The van der Waals surface area contributed by atoms with Gasteiger partial charge in [0.15, 0.2) is 0 Å². The quantitative estimate of drug-likeness (QED) is 0.729. The summed E-state index contributed by atoms with van der Waals surface area (Å²) < 4.78 is 1.11. The summed E-state index contributed by atoms with van der Waals surface area (Å²) in [6.45, 7) is 0. The summed E-state index contributed by atoms with van der Waals surface area (Å²) in [5.41, 5.74) is 0.601. The van der Waals surface area contributed by atoms with E-state index in [0.717, 1.165) is 13.4 Å². The number of benzene rings is 2. The Morgan fingerprint density at radius 3 is 2.29 bits per heavy atom. The van der Waals surface area contributed by atoms with Crippen LogP contribution in [0, 0.1) is 3.57 Å². The number of halogens is 1. The van der Waals surface area contributed by atoms with Crippen molar-refractivity contribution in [1.82, 2.24) is 0 Å². The van der Waals surface area contributed by atoms with Gasteiger partial charge in [0, 0.05) is 13.4 Å². The molecule has 0 aliphatic rings. The first-order chi connectivity index (χ1) is 9.95. The molecule has 0 unspecified atom stereocenters. The average Bonchev–Trinajstić information content (AvgIpc) is 2.42. The van der Waals surface area contributed by atoms with Gasteiger partial charge in [0.1, 0.15) is 0 Å². The smallest absolute Gasteiger partial charge is 0.335 e. The molecule has 0 radical (unpaired) electrons. The average molecular weight is 414 g/mol. The monoisotopic (exact) mass is 414 g/mol. The van der Waals surface area contributed by atoms with E-state index >= 15 is 0 Å². The van der Waals surface area contributed by atoms with Crippen molar-refractivity contribution in [3.05, 3.63) is 57.2 Å². The molecule has 21 heavy (non-hydrogen) atoms. The van der Waals surface area contributed by atoms with Crippen LogP contribution in [0.4, 0.5) is 0 Å². The Morgan fingerprint density at radius 1 is 1.05 bits per heavy atom. The lowest BCUT2D eigenvalue weighted by atomic mass is 10.1. The number of aromatic carboxylic acids is 1. The first-order valence-corrected chi connectivity index (χ1v) is 7.86. The molecule has 2 rings (SSSR count). The van der Waals surface area contributed by atoms with Crippen LogP contribution >= 0.6 is 34.4 Å². The molecule has 0 heterocycles. The number of carbonyl (C=O) groups is 2. The number of carboxylic acid groups (broad SMARTS) is 2. The summed E-state index contributed by atoms with van der Waals surface area (Å²) in [5.74, 6) is -2.05. The molecule has 0 spiro atoms. The van der Waals surface area contributed by atoms with Crippen LogP contribution in [0.15, 0.2) is 52.3 Å². The van der Waals surface area contributed by atoms with Crippen LogP contribution in [0.2, 0.25) is 0 Å². The zero-order chi connectivity index (χ0) is 15.4. The summed E-state index contributed by atoms with van der Waals surface area (Å²) in [6.07, 6.45) is -0.201. The molecular weight excluding hydrogens is 403 g/mol. The van der Waals surface area contributed by atoms with Gasteiger partial charge in [-0.25, -0.2) is 4.79 Å². The lowest BCUT2D eigenvalue weighted by molar-refractivity contribution is -0.136. The van der Waals surface area contributed by atoms with Crippen LogP contribution in [0.1, 0.15) is 15.9 Å². The Morgan fingerprint density at radius 2 is 1.71 bits per heavy atom. The van der Waals surface area contributed by atoms with Crippen LogP contribution in [0.5, 0.6) is 0 Å². The van der Waals surface area contributed by atoms with Gasteiger partial charge in [0.25, 0.3) is 0 Å². The molecule has 108 valence electrons. The fourth-order valence-corrected chi connectivity index (χ4v) is 3.03. The molecule has 0 aliphatic heterocycles. The summed E-state index contributed by atoms with van der Waals surface area (Å²) in [6, 6.07) is 12.4. The molecule has 0 saturated carbocycles. The molecule has 2 aromatic rings. The number of aliphatic carboxylic acids is 1. The van der Waals surface area contributed by atoms with Crippen molar-refractivity contribution in [1.29, 1.82) is 0 Å². The fraction of sp³-hybridized carbons (Fsp3) is 0.0667. The Kier molecular flexibility index (Phi) is 5.24. The lowest BCUT2D eigenvalue weighted by Gasteiger charge is -2.09. The normalized spacial score (nSPS) is 10.3. The van der Waals surface area contributed by atoms with Crippen molar-refractivity contribution >= 4 is 46.3 Å². The predicted molar refractivity (Wildman–Crippen MR) is 88.0 cm³/mol. The van der Waals surface area contributed by atoms with Crippen molar-refractivity contribution in [2.45, 2.75) is 16.2 Å². The predicted octanol–water partition coefficient (Wildman–Crippen LogP) is 3.77. The second-order valence-corrected chi connectivity index (χ2v) is 6.62. The number of carboxylic acids is 2. The second kappa shape index (κ2) is 6.95. The van der Waals surface area contributed by atoms with E-state index in [9.17, 15) is 9.59 Å². The maximum atomic E-state index is 11.0. The first kappa shape index (κ1) is 15.8.